The second-order valence-corrected chi connectivity index (χ2v) is 5.67. The van der Waals surface area contributed by atoms with Gasteiger partial charge in [-0.1, -0.05) is 24.3 Å². The third-order valence-electron chi connectivity index (χ3n) is 4.16. The van der Waals surface area contributed by atoms with E-state index in [4.69, 9.17) is 0 Å². The summed E-state index contributed by atoms with van der Waals surface area (Å²) in [5.74, 6) is 0.121. The summed E-state index contributed by atoms with van der Waals surface area (Å²) < 4.78 is 0. The molecular formula is C18H19NO. The maximum Gasteiger partial charge on any atom is 0.159 e. The van der Waals surface area contributed by atoms with E-state index in [2.05, 4.69) is 36.9 Å². The Kier molecular flexibility index (Phi) is 3.09. The normalized spacial score (nSPS) is 13.4. The number of fused-ring (bicyclic) bond motifs is 1. The Morgan fingerprint density at radius 3 is 2.15 bits per heavy atom. The van der Waals surface area contributed by atoms with Crippen molar-refractivity contribution in [2.45, 2.75) is 33.9 Å². The SMILES string of the molecule is CC(=O)c1cccc(N2Cc3cc(C)c(C)cc3C2)c1. The average molecular weight is 265 g/mol. The van der Waals surface area contributed by atoms with Gasteiger partial charge in [0.05, 0.1) is 0 Å². The molecule has 1 aliphatic rings. The molecule has 0 amide bonds. The van der Waals surface area contributed by atoms with Crippen molar-refractivity contribution in [3.63, 3.8) is 0 Å². The van der Waals surface area contributed by atoms with Gasteiger partial charge in [-0.2, -0.15) is 0 Å². The van der Waals surface area contributed by atoms with Crippen molar-refractivity contribution in [3.8, 4) is 0 Å². The van der Waals surface area contributed by atoms with Crippen molar-refractivity contribution in [1.29, 1.82) is 0 Å². The highest BCUT2D eigenvalue weighted by Gasteiger charge is 2.20. The molecule has 0 saturated heterocycles. The van der Waals surface area contributed by atoms with Crippen LogP contribution in [0, 0.1) is 13.8 Å². The maximum absolute atomic E-state index is 11.5. The highest BCUT2D eigenvalue weighted by Crippen LogP contribution is 2.30. The smallest absolute Gasteiger partial charge is 0.159 e. The first-order chi connectivity index (χ1) is 9.54. The van der Waals surface area contributed by atoms with Gasteiger partial charge in [-0.05, 0) is 55.2 Å². The van der Waals surface area contributed by atoms with Crippen LogP contribution in [0.3, 0.4) is 0 Å². The molecule has 0 spiro atoms. The molecule has 0 fully saturated rings. The third-order valence-corrected chi connectivity index (χ3v) is 4.16. The van der Waals surface area contributed by atoms with Crippen molar-refractivity contribution in [2.24, 2.45) is 0 Å². The van der Waals surface area contributed by atoms with E-state index in [0.717, 1.165) is 24.3 Å². The van der Waals surface area contributed by atoms with Crippen molar-refractivity contribution in [3.05, 3.63) is 64.2 Å². The summed E-state index contributed by atoms with van der Waals surface area (Å²) in [6.07, 6.45) is 0. The zero-order chi connectivity index (χ0) is 14.3. The Morgan fingerprint density at radius 2 is 1.60 bits per heavy atom. The number of hydrogen-bond donors (Lipinski definition) is 0. The number of ketones is 1. The number of anilines is 1. The van der Waals surface area contributed by atoms with Crippen molar-refractivity contribution in [2.75, 3.05) is 4.90 Å². The molecule has 0 N–H and O–H groups in total. The minimum atomic E-state index is 0.121. The Morgan fingerprint density at radius 1 is 1.00 bits per heavy atom. The van der Waals surface area contributed by atoms with Crippen LogP contribution in [0.25, 0.3) is 0 Å². The molecule has 0 aromatic heterocycles. The standard InChI is InChI=1S/C18H19NO/c1-12-7-16-10-19(11-17(16)8-13(12)2)18-6-4-5-15(9-18)14(3)20/h4-9H,10-11H2,1-3H3. The number of nitrogens with zero attached hydrogens (tertiary/aromatic N) is 1. The van der Waals surface area contributed by atoms with Gasteiger partial charge in [0.25, 0.3) is 0 Å². The van der Waals surface area contributed by atoms with Crippen molar-refractivity contribution in [1.82, 2.24) is 0 Å². The molecule has 0 aliphatic carbocycles. The van der Waals surface area contributed by atoms with Gasteiger partial charge in [-0.25, -0.2) is 0 Å². The molecule has 102 valence electrons. The summed E-state index contributed by atoms with van der Waals surface area (Å²) in [6.45, 7) is 7.80. The molecule has 2 aromatic rings. The van der Waals surface area contributed by atoms with Crippen molar-refractivity contribution < 1.29 is 4.79 Å². The molecule has 2 aromatic carbocycles. The van der Waals surface area contributed by atoms with Crippen LogP contribution in [-0.4, -0.2) is 5.78 Å². The van der Waals surface area contributed by atoms with Crippen LogP contribution in [0.1, 0.15) is 39.5 Å². The second kappa shape index (κ2) is 4.78. The first-order valence-corrected chi connectivity index (χ1v) is 6.99. The van der Waals surface area contributed by atoms with Gasteiger partial charge >= 0.3 is 0 Å². The lowest BCUT2D eigenvalue weighted by Crippen LogP contribution is -2.14. The fourth-order valence-corrected chi connectivity index (χ4v) is 2.80. The first-order valence-electron chi connectivity index (χ1n) is 6.99. The molecule has 2 heteroatoms. The largest absolute Gasteiger partial charge is 0.363 e. The van der Waals surface area contributed by atoms with Gasteiger partial charge in [0, 0.05) is 24.3 Å². The Labute approximate surface area is 120 Å². The van der Waals surface area contributed by atoms with Gasteiger partial charge in [0.15, 0.2) is 5.78 Å². The number of hydrogen-bond acceptors (Lipinski definition) is 2. The lowest BCUT2D eigenvalue weighted by Gasteiger charge is -2.18. The number of benzene rings is 2. The van der Waals surface area contributed by atoms with Gasteiger partial charge in [-0.15, -0.1) is 0 Å². The van der Waals surface area contributed by atoms with E-state index in [9.17, 15) is 4.79 Å². The molecule has 3 rings (SSSR count). The highest BCUT2D eigenvalue weighted by molar-refractivity contribution is 5.95. The molecular weight excluding hydrogens is 246 g/mol. The zero-order valence-electron chi connectivity index (χ0n) is 12.2. The number of Topliss-reactive ketones (excluding diaryl/α,β-unsaturated/α-hetero) is 1. The maximum atomic E-state index is 11.5. The lowest BCUT2D eigenvalue weighted by molar-refractivity contribution is 0.101. The molecule has 20 heavy (non-hydrogen) atoms. The summed E-state index contributed by atoms with van der Waals surface area (Å²) in [4.78, 5) is 13.8. The van der Waals surface area contributed by atoms with Crippen molar-refractivity contribution >= 4 is 11.5 Å². The monoisotopic (exact) mass is 265 g/mol. The molecule has 0 saturated carbocycles. The Balaban J connectivity index is 1.92. The van der Waals surface area contributed by atoms with E-state index in [1.807, 2.05) is 18.2 Å². The van der Waals surface area contributed by atoms with Gasteiger partial charge < -0.3 is 4.90 Å². The van der Waals surface area contributed by atoms with Crippen LogP contribution in [0.2, 0.25) is 0 Å². The van der Waals surface area contributed by atoms with Crippen LogP contribution >= 0.6 is 0 Å². The molecule has 1 aliphatic heterocycles. The second-order valence-electron chi connectivity index (χ2n) is 5.67. The number of carbonyl (C=O) groups excluding carboxylic acids is 1. The summed E-state index contributed by atoms with van der Waals surface area (Å²) in [5, 5.41) is 0. The Hall–Kier alpha value is -2.09. The van der Waals surface area contributed by atoms with Gasteiger partial charge in [0.2, 0.25) is 0 Å². The van der Waals surface area contributed by atoms with E-state index >= 15 is 0 Å². The summed E-state index contributed by atoms with van der Waals surface area (Å²) in [5.41, 5.74) is 7.42. The fraction of sp³-hybridized carbons (Fsp3) is 0.278. The van der Waals surface area contributed by atoms with Gasteiger partial charge in [0.1, 0.15) is 0 Å². The predicted octanol–water partition coefficient (Wildman–Crippen LogP) is 4.03. The molecule has 0 radical (unpaired) electrons. The Bertz CT molecular complexity index is 657. The minimum absolute atomic E-state index is 0.121. The summed E-state index contributed by atoms with van der Waals surface area (Å²) in [6, 6.07) is 12.5. The number of carbonyl (C=O) groups is 1. The van der Waals surface area contributed by atoms with Crippen LogP contribution in [0.5, 0.6) is 0 Å². The third kappa shape index (κ3) is 2.22. The van der Waals surface area contributed by atoms with Crippen LogP contribution in [0.15, 0.2) is 36.4 Å². The molecule has 2 nitrogen and oxygen atoms in total. The molecule has 0 atom stereocenters. The van der Waals surface area contributed by atoms with E-state index < -0.39 is 0 Å². The average Bonchev–Trinajstić information content (AvgIpc) is 2.82. The summed E-state index contributed by atoms with van der Waals surface area (Å²) in [7, 11) is 0. The van der Waals surface area contributed by atoms with E-state index in [-0.39, 0.29) is 5.78 Å². The lowest BCUT2D eigenvalue weighted by atomic mass is 10.0. The minimum Gasteiger partial charge on any atom is -0.363 e. The fourth-order valence-electron chi connectivity index (χ4n) is 2.80. The number of aryl methyl sites for hydroxylation is 2. The predicted molar refractivity (Wildman–Crippen MR) is 82.2 cm³/mol. The van der Waals surface area contributed by atoms with Crippen LogP contribution < -0.4 is 4.90 Å². The van der Waals surface area contributed by atoms with E-state index in [0.29, 0.717) is 0 Å². The van der Waals surface area contributed by atoms with E-state index in [1.165, 1.54) is 22.3 Å². The number of rotatable bonds is 2. The highest BCUT2D eigenvalue weighted by atomic mass is 16.1. The zero-order valence-corrected chi connectivity index (χ0v) is 12.2. The first kappa shape index (κ1) is 12.9. The van der Waals surface area contributed by atoms with Gasteiger partial charge in [-0.3, -0.25) is 4.79 Å². The molecule has 1 heterocycles. The van der Waals surface area contributed by atoms with Crippen LogP contribution in [-0.2, 0) is 13.1 Å². The molecule has 0 bridgehead atoms. The quantitative estimate of drug-likeness (QED) is 0.764. The van der Waals surface area contributed by atoms with E-state index in [1.54, 1.807) is 6.92 Å². The summed E-state index contributed by atoms with van der Waals surface area (Å²) >= 11 is 0. The topological polar surface area (TPSA) is 20.3 Å². The molecule has 0 unspecified atom stereocenters. The van der Waals surface area contributed by atoms with Crippen LogP contribution in [0.4, 0.5) is 5.69 Å².